The molecule has 3 aliphatic rings. The van der Waals surface area contributed by atoms with E-state index in [0.29, 0.717) is 13.5 Å². The van der Waals surface area contributed by atoms with Gasteiger partial charge in [-0.2, -0.15) is 10.2 Å². The Morgan fingerprint density at radius 3 is 1.50 bits per heavy atom. The second kappa shape index (κ2) is 25.2. The van der Waals surface area contributed by atoms with Crippen LogP contribution in [-0.4, -0.2) is 160 Å². The van der Waals surface area contributed by atoms with Crippen molar-refractivity contribution in [1.82, 2.24) is 59.5 Å². The van der Waals surface area contributed by atoms with Gasteiger partial charge in [0, 0.05) is 109 Å². The third-order valence-electron chi connectivity index (χ3n) is 14.7. The van der Waals surface area contributed by atoms with Crippen LogP contribution in [0.15, 0.2) is 90.1 Å². The number of pyridine rings is 2. The van der Waals surface area contributed by atoms with E-state index in [9.17, 15) is 0 Å². The van der Waals surface area contributed by atoms with E-state index in [1.807, 2.05) is 54.2 Å². The lowest BCUT2D eigenvalue weighted by atomic mass is 9.78. The zero-order valence-corrected chi connectivity index (χ0v) is 52.2. The Bertz CT molecular complexity index is 3310. The van der Waals surface area contributed by atoms with Crippen molar-refractivity contribution >= 4 is 78.1 Å². The van der Waals surface area contributed by atoms with Gasteiger partial charge in [0.2, 0.25) is 0 Å². The minimum absolute atomic E-state index is 0.401. The van der Waals surface area contributed by atoms with E-state index >= 15 is 0 Å². The Hall–Kier alpha value is -5.70. The highest BCUT2D eigenvalue weighted by Gasteiger charge is 2.51. The summed E-state index contributed by atoms with van der Waals surface area (Å²) in [6, 6.07) is 23.2. The molecule has 8 aromatic rings. The van der Waals surface area contributed by atoms with Crippen molar-refractivity contribution in [3.05, 3.63) is 90.1 Å². The van der Waals surface area contributed by atoms with Crippen molar-refractivity contribution in [2.75, 3.05) is 75.6 Å². The van der Waals surface area contributed by atoms with E-state index in [2.05, 4.69) is 172 Å². The standard InChI is InChI=1S/C28H41BN4O4Si.C25H33N7O2Si.C3H4BrN3/c1-27(2)28(3,4)37-29(36-27)22-8-9-24-23(19-22)26(31-33(24)20-35-16-17-38(5,6)7)21-10-11-30-25(18-21)32-12-14-34-15-13-32;1-30-17-22(27-29-30)19-5-6-23-21(15-19)25(28-32(23)18-34-13-14-35(2,3)4)20-7-8-26-24(16-20)31-9-11-33-12-10-31;1-7-2-3(4)5-6-7/h8-11,18-19H,12-17,20H2,1-7H3;5-8,15-17H,9-14,18H2,1-4H3;2H,1H3. The molecule has 0 saturated carbocycles. The monoisotopic (exact) mass is 1190 g/mol. The molecule has 3 saturated heterocycles. The second-order valence-electron chi connectivity index (χ2n) is 24.0. The molecule has 0 radical (unpaired) electrons. The quantitative estimate of drug-likeness (QED) is 0.0658. The molecule has 3 aliphatic heterocycles. The zero-order valence-electron chi connectivity index (χ0n) is 48.6. The van der Waals surface area contributed by atoms with E-state index in [4.69, 9.17) is 38.5 Å². The summed E-state index contributed by atoms with van der Waals surface area (Å²) >= 11 is 3.14. The largest absolute Gasteiger partial charge is 0.494 e. The third kappa shape index (κ3) is 14.9. The van der Waals surface area contributed by atoms with Crippen molar-refractivity contribution in [2.45, 2.75) is 104 Å². The van der Waals surface area contributed by atoms with Gasteiger partial charge in [-0.1, -0.05) is 67.9 Å². The molecule has 0 spiro atoms. The average molecular weight is 1190 g/mol. The Kier molecular flexibility index (Phi) is 18.6. The van der Waals surface area contributed by atoms with Gasteiger partial charge in [0.25, 0.3) is 0 Å². The highest BCUT2D eigenvalue weighted by molar-refractivity contribution is 9.10. The van der Waals surface area contributed by atoms with Gasteiger partial charge in [-0.15, -0.1) is 10.2 Å². The van der Waals surface area contributed by atoms with Crippen LogP contribution in [-0.2, 0) is 55.8 Å². The van der Waals surface area contributed by atoms with E-state index in [1.165, 1.54) is 0 Å². The van der Waals surface area contributed by atoms with Crippen LogP contribution in [0.4, 0.5) is 11.6 Å². The highest BCUT2D eigenvalue weighted by Crippen LogP contribution is 2.38. The Morgan fingerprint density at radius 1 is 0.588 bits per heavy atom. The third-order valence-corrected chi connectivity index (χ3v) is 18.4. The molecule has 0 bridgehead atoms. The van der Waals surface area contributed by atoms with Crippen LogP contribution in [0, 0.1) is 0 Å². The van der Waals surface area contributed by atoms with E-state index in [-0.39, 0.29) is 0 Å². The lowest BCUT2D eigenvalue weighted by Crippen LogP contribution is -2.41. The van der Waals surface area contributed by atoms with Crippen LogP contribution in [0.25, 0.3) is 55.6 Å². The number of rotatable bonds is 16. The maximum absolute atomic E-state index is 6.36. The molecule has 426 valence electrons. The maximum atomic E-state index is 6.36. The Balaban J connectivity index is 0.000000173. The summed E-state index contributed by atoms with van der Waals surface area (Å²) in [4.78, 5) is 13.8. The summed E-state index contributed by atoms with van der Waals surface area (Å²) in [6.07, 6.45) is 7.43. The van der Waals surface area contributed by atoms with Crippen molar-refractivity contribution in [2.24, 2.45) is 14.1 Å². The minimum atomic E-state index is -1.17. The average Bonchev–Trinajstić information content (AvgIpc) is 4.31. The van der Waals surface area contributed by atoms with Gasteiger partial charge in [-0.3, -0.25) is 9.36 Å². The molecule has 0 amide bonds. The van der Waals surface area contributed by atoms with Crippen molar-refractivity contribution in [3.63, 3.8) is 0 Å². The van der Waals surface area contributed by atoms with Crippen molar-refractivity contribution in [1.29, 1.82) is 0 Å². The van der Waals surface area contributed by atoms with Gasteiger partial charge in [-0.25, -0.2) is 19.3 Å². The number of benzene rings is 2. The molecule has 2 aromatic carbocycles. The normalized spacial score (nSPS) is 16.5. The summed E-state index contributed by atoms with van der Waals surface area (Å²) in [6.45, 7) is 31.1. The first-order valence-electron chi connectivity index (χ1n) is 27.6. The minimum Gasteiger partial charge on any atom is -0.399 e. The predicted octanol–water partition coefficient (Wildman–Crippen LogP) is 9.17. The van der Waals surface area contributed by atoms with Gasteiger partial charge in [0.15, 0.2) is 0 Å². The number of aromatic nitrogens is 12. The number of aryl methyl sites for hydroxylation is 2. The van der Waals surface area contributed by atoms with Crippen LogP contribution in [0.5, 0.6) is 0 Å². The fraction of sp³-hybridized carbons (Fsp3) is 0.500. The first-order chi connectivity index (χ1) is 38.1. The first kappa shape index (κ1) is 58.9. The number of nitrogens with zero attached hydrogens (tertiary/aromatic N) is 14. The maximum Gasteiger partial charge on any atom is 0.494 e. The molecule has 9 heterocycles. The smallest absolute Gasteiger partial charge is 0.399 e. The topological polar surface area (TPSA) is 185 Å². The van der Waals surface area contributed by atoms with Crippen LogP contribution in [0.2, 0.25) is 51.4 Å². The Morgan fingerprint density at radius 2 is 1.06 bits per heavy atom. The number of hydrogen-bond acceptors (Lipinski definition) is 16. The second-order valence-corrected chi connectivity index (χ2v) is 36.0. The van der Waals surface area contributed by atoms with Crippen LogP contribution < -0.4 is 15.3 Å². The number of hydrogen-bond donors (Lipinski definition) is 0. The van der Waals surface area contributed by atoms with Gasteiger partial charge in [0.1, 0.15) is 46.8 Å². The van der Waals surface area contributed by atoms with Gasteiger partial charge >= 0.3 is 7.12 Å². The van der Waals surface area contributed by atoms with E-state index in [1.54, 1.807) is 15.6 Å². The molecule has 0 aliphatic carbocycles. The summed E-state index contributed by atoms with van der Waals surface area (Å²) in [5, 5.41) is 27.8. The summed E-state index contributed by atoms with van der Waals surface area (Å²) in [7, 11) is 0.936. The molecule has 6 aromatic heterocycles. The number of anilines is 2. The molecular formula is C56H78BBrN14O6Si2. The van der Waals surface area contributed by atoms with Crippen LogP contribution >= 0.6 is 15.9 Å². The first-order valence-corrected chi connectivity index (χ1v) is 35.8. The predicted molar refractivity (Wildman–Crippen MR) is 325 cm³/mol. The summed E-state index contributed by atoms with van der Waals surface area (Å²) in [5.74, 6) is 1.90. The fourth-order valence-electron chi connectivity index (χ4n) is 9.20. The molecule has 0 atom stereocenters. The van der Waals surface area contributed by atoms with Gasteiger partial charge < -0.3 is 38.1 Å². The number of morpholine rings is 2. The fourth-order valence-corrected chi connectivity index (χ4v) is 11.1. The van der Waals surface area contributed by atoms with Crippen molar-refractivity contribution in [3.8, 4) is 33.8 Å². The molecule has 24 heteroatoms. The zero-order chi connectivity index (χ0) is 56.8. The Labute approximate surface area is 480 Å². The lowest BCUT2D eigenvalue weighted by molar-refractivity contribution is 0.00578. The molecule has 3 fully saturated rings. The molecule has 0 unspecified atom stereocenters. The summed E-state index contributed by atoms with van der Waals surface area (Å²) in [5.41, 5.74) is 7.96. The molecule has 0 N–H and O–H groups in total. The van der Waals surface area contributed by atoms with E-state index < -0.39 is 34.5 Å². The van der Waals surface area contributed by atoms with Crippen molar-refractivity contribution < 1.29 is 28.3 Å². The molecule has 20 nitrogen and oxygen atoms in total. The molecular weight excluding hydrogens is 1110 g/mol. The van der Waals surface area contributed by atoms with Gasteiger partial charge in [0.05, 0.1) is 61.1 Å². The number of fused-ring (bicyclic) bond motifs is 2. The number of halogens is 1. The van der Waals surface area contributed by atoms with Crippen LogP contribution in [0.1, 0.15) is 27.7 Å². The SMILES string of the molecule is CC1(C)OB(c2ccc3c(c2)c(-c2ccnc(N4CCOCC4)c2)nn3COCC[Si](C)(C)C)OC1(C)C.Cn1cc(-c2ccc3c(c2)c(-c2ccnc(N4CCOCC4)c2)nn3COCC[Si](C)(C)C)nn1.Cn1cc(Br)nn1. The van der Waals surface area contributed by atoms with E-state index in [0.717, 1.165) is 155 Å². The lowest BCUT2D eigenvalue weighted by Gasteiger charge is -2.32. The number of ether oxygens (including phenoxy) is 4. The molecule has 80 heavy (non-hydrogen) atoms. The molecule has 11 rings (SSSR count). The van der Waals surface area contributed by atoms with Crippen LogP contribution in [0.3, 0.4) is 0 Å². The summed E-state index contributed by atoms with van der Waals surface area (Å²) < 4.78 is 44.0. The van der Waals surface area contributed by atoms with Gasteiger partial charge in [-0.05, 0) is 104 Å². The highest BCUT2D eigenvalue weighted by atomic mass is 79.9.